The van der Waals surface area contributed by atoms with Gasteiger partial charge in [-0.15, -0.1) is 44.6 Å². The van der Waals surface area contributed by atoms with E-state index in [0.29, 0.717) is 14.4 Å². The fourth-order valence-electron chi connectivity index (χ4n) is 6.17. The van der Waals surface area contributed by atoms with Gasteiger partial charge in [-0.3, -0.25) is 0 Å². The summed E-state index contributed by atoms with van der Waals surface area (Å²) in [5.41, 5.74) is 0.267. The molecule has 12 unspecified atom stereocenters. The second kappa shape index (κ2) is 11.7. The molecule has 15 atom stereocenters. The van der Waals surface area contributed by atoms with E-state index in [2.05, 4.69) is 80.4 Å². The summed E-state index contributed by atoms with van der Waals surface area (Å²) >= 11 is 0. The van der Waals surface area contributed by atoms with E-state index >= 15 is 0 Å². The van der Waals surface area contributed by atoms with Gasteiger partial charge >= 0.3 is 0 Å². The van der Waals surface area contributed by atoms with Gasteiger partial charge in [-0.1, -0.05) is 42.4 Å². The van der Waals surface area contributed by atoms with Crippen LogP contribution in [0.15, 0.2) is 11.6 Å². The van der Waals surface area contributed by atoms with E-state index < -0.39 is 13.1 Å². The third-order valence-corrected chi connectivity index (χ3v) is 55.5. The average molecular weight is 636 g/mol. The molecule has 3 rings (SSSR count). The lowest BCUT2D eigenvalue weighted by Crippen LogP contribution is -2.55. The van der Waals surface area contributed by atoms with Crippen LogP contribution in [0.4, 0.5) is 0 Å². The molecule has 3 aliphatic carbocycles. The molecule has 2 bridgehead atoms. The van der Waals surface area contributed by atoms with Crippen LogP contribution in [-0.2, 0) is 9.05 Å². The number of aliphatic hydroxyl groups is 1. The van der Waals surface area contributed by atoms with E-state index in [-0.39, 0.29) is 44.0 Å². The minimum absolute atomic E-state index is 0.0453. The molecule has 0 saturated heterocycles. The minimum atomic E-state index is -0.810. The smallest absolute Gasteiger partial charge is 0.100 e. The Morgan fingerprint density at radius 3 is 2.37 bits per heavy atom. The van der Waals surface area contributed by atoms with Crippen LogP contribution in [0.2, 0.25) is 0 Å². The Morgan fingerprint density at radius 2 is 1.83 bits per heavy atom. The molecule has 15 heteroatoms. The summed E-state index contributed by atoms with van der Waals surface area (Å²) in [4.78, 5) is 0. The van der Waals surface area contributed by atoms with Gasteiger partial charge < -0.3 is 14.2 Å². The number of hydrogen-bond acceptors (Lipinski definition) is 3. The number of allylic oxidation sites excluding steroid dienone is 2. The number of hydrogen-bond donors (Lipinski definition) is 1. The maximum Gasteiger partial charge on any atom is 0.100 e. The molecule has 1 N–H and O–H groups in total. The van der Waals surface area contributed by atoms with Crippen LogP contribution < -0.4 is 0 Å². The molecule has 30 heavy (non-hydrogen) atoms. The molecule has 2 saturated carbocycles. The molecular formula is C15H36O3P12. The van der Waals surface area contributed by atoms with Gasteiger partial charge in [0.15, 0.2) is 0 Å². The molecule has 0 aliphatic heterocycles. The first kappa shape index (κ1) is 29.3. The molecule has 2 fully saturated rings. The van der Waals surface area contributed by atoms with Crippen LogP contribution in [-0.4, -0.2) is 22.9 Å². The molecule has 3 nitrogen and oxygen atoms in total. The molecule has 0 aromatic heterocycles. The summed E-state index contributed by atoms with van der Waals surface area (Å²) in [5, 5.41) is 12.4. The van der Waals surface area contributed by atoms with Crippen molar-refractivity contribution in [2.45, 2.75) is 64.3 Å². The fourth-order valence-corrected chi connectivity index (χ4v) is 73.4. The van der Waals surface area contributed by atoms with Gasteiger partial charge in [-0.2, -0.15) is 0 Å². The van der Waals surface area contributed by atoms with Crippen molar-refractivity contribution < 1.29 is 14.2 Å². The third-order valence-electron chi connectivity index (χ3n) is 7.41. The van der Waals surface area contributed by atoms with Gasteiger partial charge in [-0.05, 0) is 57.9 Å². The van der Waals surface area contributed by atoms with E-state index in [1.54, 1.807) is 0 Å². The predicted octanol–water partition coefficient (Wildman–Crippen LogP) is 9.18. The van der Waals surface area contributed by atoms with E-state index in [1.165, 1.54) is 5.57 Å². The molecule has 0 aromatic rings. The van der Waals surface area contributed by atoms with Crippen molar-refractivity contribution in [1.82, 2.24) is 0 Å². The van der Waals surface area contributed by atoms with Crippen LogP contribution in [0, 0.1) is 16.7 Å². The second-order valence-corrected chi connectivity index (χ2v) is 44.6. The molecule has 0 amide bonds. The quantitative estimate of drug-likeness (QED) is 0.214. The average Bonchev–Trinajstić information content (AvgIpc) is 2.94. The van der Waals surface area contributed by atoms with Gasteiger partial charge in [0.1, 0.15) is 5.60 Å². The SMILES string of the molecule is CC1=CCC2[C@H](OPP)[C@]3(O)CC[C@H](OP(P(P)P)P(PP)P(P)P)C3(C1)C2(C)C. The summed E-state index contributed by atoms with van der Waals surface area (Å²) in [5.74, 6) is 0.324. The Balaban J connectivity index is 2.07. The maximum absolute atomic E-state index is 12.4. The highest BCUT2D eigenvalue weighted by Crippen LogP contribution is 3.09. The Kier molecular flexibility index (Phi) is 11.4. The highest BCUT2D eigenvalue weighted by molar-refractivity contribution is 9.10. The zero-order valence-electron chi connectivity index (χ0n) is 17.7. The highest BCUT2D eigenvalue weighted by Gasteiger charge is 2.78. The Morgan fingerprint density at radius 1 is 1.17 bits per heavy atom. The lowest BCUT2D eigenvalue weighted by atomic mass is 9.58. The van der Waals surface area contributed by atoms with Gasteiger partial charge in [-0.25, -0.2) is 0 Å². The zero-order chi connectivity index (χ0) is 22.5. The topological polar surface area (TPSA) is 38.7 Å². The van der Waals surface area contributed by atoms with Crippen LogP contribution in [0.1, 0.15) is 46.5 Å². The van der Waals surface area contributed by atoms with Gasteiger partial charge in [0.25, 0.3) is 0 Å². The van der Waals surface area contributed by atoms with E-state index in [0.717, 1.165) is 33.6 Å². The lowest BCUT2D eigenvalue weighted by Gasteiger charge is -2.51. The molecule has 174 valence electrons. The summed E-state index contributed by atoms with van der Waals surface area (Å²) < 4.78 is 13.5. The standard InChI is InChI=1S/C15H36O3P12/c1-9-4-5-10-12(17-25-19)15(16)7-6-11(14(15,8-9)13(10,2)3)18-27(28(21)22)30(26-20)29(23)24/h4,10-12,16,25-26H,5-8,19-24H2,1-3H3/t10?,11-,12-,14?,15+,27?,30?/m0/s1. The van der Waals surface area contributed by atoms with E-state index in [4.69, 9.17) is 9.05 Å². The van der Waals surface area contributed by atoms with Gasteiger partial charge in [0.05, 0.1) is 19.7 Å². The highest BCUT2D eigenvalue weighted by atomic mass is 33.1. The molecule has 3 aliphatic rings. The minimum Gasteiger partial charge on any atom is -0.386 e. The Bertz CT molecular complexity index is 663. The third kappa shape index (κ3) is 4.95. The lowest BCUT2D eigenvalue weighted by molar-refractivity contribution is -0.137. The Hall–Kier alpha value is 4.78. The summed E-state index contributed by atoms with van der Waals surface area (Å²) in [6, 6.07) is 0. The maximum atomic E-state index is 12.4. The fraction of sp³-hybridized carbons (Fsp3) is 0.867. The van der Waals surface area contributed by atoms with Crippen molar-refractivity contribution in [3.8, 4) is 0 Å². The van der Waals surface area contributed by atoms with Crippen molar-refractivity contribution in [2.75, 3.05) is 0 Å². The van der Waals surface area contributed by atoms with Crippen LogP contribution in [0.3, 0.4) is 0 Å². The van der Waals surface area contributed by atoms with Gasteiger partial charge in [0, 0.05) is 20.9 Å². The Labute approximate surface area is 204 Å². The summed E-state index contributed by atoms with van der Waals surface area (Å²) in [6.07, 6.45) is 6.03. The molecule has 1 spiro atoms. The first-order chi connectivity index (χ1) is 14.0. The first-order valence-corrected chi connectivity index (χ1v) is 30.0. The zero-order valence-corrected chi connectivity index (χ0v) is 30.2. The molecule has 0 radical (unpaired) electrons. The normalized spacial score (nSPS) is 40.5. The second-order valence-electron chi connectivity index (χ2n) is 8.91. The molecular weight excluding hydrogens is 600 g/mol. The number of rotatable bonds is 8. The number of fused-ring (bicyclic) bond motifs is 1. The largest absolute Gasteiger partial charge is 0.386 e. The monoisotopic (exact) mass is 636 g/mol. The van der Waals surface area contributed by atoms with Crippen molar-refractivity contribution in [1.29, 1.82) is 0 Å². The molecule has 0 aromatic carbocycles. The van der Waals surface area contributed by atoms with Crippen molar-refractivity contribution in [3.63, 3.8) is 0 Å². The summed E-state index contributed by atoms with van der Waals surface area (Å²) in [6.45, 7) is 6.35. The predicted molar refractivity (Wildman–Crippen MR) is 169 cm³/mol. The van der Waals surface area contributed by atoms with Crippen LogP contribution in [0.5, 0.6) is 0 Å². The van der Waals surface area contributed by atoms with Crippen molar-refractivity contribution in [2.24, 2.45) is 16.7 Å². The van der Waals surface area contributed by atoms with E-state index in [1.807, 2.05) is 0 Å². The van der Waals surface area contributed by atoms with Crippen LogP contribution in [0.25, 0.3) is 0 Å². The van der Waals surface area contributed by atoms with Crippen molar-refractivity contribution in [3.05, 3.63) is 11.6 Å². The first-order valence-electron chi connectivity index (χ1n) is 9.79. The van der Waals surface area contributed by atoms with E-state index in [9.17, 15) is 5.11 Å². The van der Waals surface area contributed by atoms with Crippen molar-refractivity contribution >= 4 is 98.5 Å². The summed E-state index contributed by atoms with van der Waals surface area (Å²) in [7, 11) is 18.6. The van der Waals surface area contributed by atoms with Gasteiger partial charge in [0.2, 0.25) is 0 Å². The molecule has 0 heterocycles. The van der Waals surface area contributed by atoms with Crippen LogP contribution >= 0.6 is 98.5 Å².